The molecule has 0 unspecified atom stereocenters. The highest BCUT2D eigenvalue weighted by molar-refractivity contribution is 5.68. The van der Waals surface area contributed by atoms with Gasteiger partial charge in [0.1, 0.15) is 5.60 Å². The van der Waals surface area contributed by atoms with Crippen LogP contribution in [0.15, 0.2) is 6.07 Å². The average Bonchev–Trinajstić information content (AvgIpc) is 3.20. The van der Waals surface area contributed by atoms with Gasteiger partial charge in [-0.3, -0.25) is 0 Å². The van der Waals surface area contributed by atoms with E-state index >= 15 is 0 Å². The SMILES string of the molecule is CCc1c(C)nc2cc([C@H]3CC[C@H](C(F)(F)F)CC3)nn2c1[C@H]1CN(C(=O)OC(C)(C)C)CC[C@H]1C. The first-order valence-corrected chi connectivity index (χ1v) is 13.2. The largest absolute Gasteiger partial charge is 0.444 e. The van der Waals surface area contributed by atoms with Crippen molar-refractivity contribution in [2.24, 2.45) is 11.8 Å². The Bertz CT molecular complexity index is 1100. The molecule has 2 aromatic rings. The Morgan fingerprint density at radius 2 is 1.81 bits per heavy atom. The Morgan fingerprint density at radius 1 is 1.14 bits per heavy atom. The van der Waals surface area contributed by atoms with E-state index in [1.165, 1.54) is 0 Å². The first-order chi connectivity index (χ1) is 16.8. The number of hydrogen-bond acceptors (Lipinski definition) is 4. The highest BCUT2D eigenvalue weighted by atomic mass is 19.4. The van der Waals surface area contributed by atoms with E-state index in [2.05, 4.69) is 13.8 Å². The lowest BCUT2D eigenvalue weighted by Crippen LogP contribution is -2.45. The highest BCUT2D eigenvalue weighted by Gasteiger charge is 2.42. The molecule has 200 valence electrons. The fraction of sp³-hybridized carbons (Fsp3) is 0.741. The zero-order valence-corrected chi connectivity index (χ0v) is 22.3. The predicted molar refractivity (Wildman–Crippen MR) is 132 cm³/mol. The number of piperidine rings is 1. The Labute approximate surface area is 211 Å². The molecule has 2 fully saturated rings. The van der Waals surface area contributed by atoms with Crippen LogP contribution in [0.25, 0.3) is 5.65 Å². The van der Waals surface area contributed by atoms with Gasteiger partial charge < -0.3 is 9.64 Å². The topological polar surface area (TPSA) is 59.7 Å². The number of hydrogen-bond donors (Lipinski definition) is 0. The number of fused-ring (bicyclic) bond motifs is 1. The van der Waals surface area contributed by atoms with Gasteiger partial charge in [0.15, 0.2) is 5.65 Å². The third-order valence-corrected chi connectivity index (χ3v) is 7.89. The molecule has 0 N–H and O–H groups in total. The molecule has 3 heterocycles. The molecule has 4 rings (SSSR count). The van der Waals surface area contributed by atoms with Gasteiger partial charge in [0.05, 0.1) is 17.3 Å². The molecule has 2 aromatic heterocycles. The Balaban J connectivity index is 1.67. The lowest BCUT2D eigenvalue weighted by atomic mass is 9.80. The van der Waals surface area contributed by atoms with E-state index in [-0.39, 0.29) is 30.8 Å². The number of carbonyl (C=O) groups excluding carboxylic acids is 1. The van der Waals surface area contributed by atoms with Crippen molar-refractivity contribution in [3.63, 3.8) is 0 Å². The molecule has 0 radical (unpaired) electrons. The molecule has 1 amide bonds. The van der Waals surface area contributed by atoms with E-state index in [0.29, 0.717) is 31.8 Å². The van der Waals surface area contributed by atoms with Crippen molar-refractivity contribution in [2.75, 3.05) is 13.1 Å². The van der Waals surface area contributed by atoms with Crippen LogP contribution in [0.5, 0.6) is 0 Å². The number of alkyl halides is 3. The summed E-state index contributed by atoms with van der Waals surface area (Å²) in [7, 11) is 0. The van der Waals surface area contributed by atoms with Gasteiger partial charge in [-0.25, -0.2) is 14.3 Å². The predicted octanol–water partition coefficient (Wildman–Crippen LogP) is 6.80. The summed E-state index contributed by atoms with van der Waals surface area (Å²) in [5.74, 6) is -0.825. The summed E-state index contributed by atoms with van der Waals surface area (Å²) in [5.41, 5.74) is 4.12. The summed E-state index contributed by atoms with van der Waals surface area (Å²) in [4.78, 5) is 19.5. The third-order valence-electron chi connectivity index (χ3n) is 7.89. The van der Waals surface area contributed by atoms with Crippen LogP contribution in [0.2, 0.25) is 0 Å². The van der Waals surface area contributed by atoms with Crippen LogP contribution in [0.4, 0.5) is 18.0 Å². The molecule has 2 aliphatic rings. The van der Waals surface area contributed by atoms with Crippen molar-refractivity contribution in [1.29, 1.82) is 0 Å². The molecule has 0 spiro atoms. The van der Waals surface area contributed by atoms with Gasteiger partial charge in [0.25, 0.3) is 0 Å². The lowest BCUT2D eigenvalue weighted by Gasteiger charge is -2.38. The zero-order valence-electron chi connectivity index (χ0n) is 22.3. The minimum Gasteiger partial charge on any atom is -0.444 e. The summed E-state index contributed by atoms with van der Waals surface area (Å²) < 4.78 is 47.1. The maximum atomic E-state index is 13.2. The van der Waals surface area contributed by atoms with Gasteiger partial charge in [-0.15, -0.1) is 0 Å². The minimum atomic E-state index is -4.12. The number of aryl methyl sites for hydroxylation is 1. The van der Waals surface area contributed by atoms with Crippen LogP contribution in [-0.2, 0) is 11.2 Å². The summed E-state index contributed by atoms with van der Waals surface area (Å²) in [6.45, 7) is 13.1. The average molecular weight is 509 g/mol. The van der Waals surface area contributed by atoms with E-state index in [1.807, 2.05) is 38.3 Å². The van der Waals surface area contributed by atoms with Crippen molar-refractivity contribution in [2.45, 2.75) is 104 Å². The third kappa shape index (κ3) is 5.49. The molecule has 0 aromatic carbocycles. The van der Waals surface area contributed by atoms with Crippen molar-refractivity contribution in [3.05, 3.63) is 28.7 Å². The molecular formula is C27H39F3N4O2. The molecule has 1 saturated carbocycles. The van der Waals surface area contributed by atoms with Gasteiger partial charge >= 0.3 is 12.3 Å². The molecule has 1 aliphatic carbocycles. The molecule has 36 heavy (non-hydrogen) atoms. The van der Waals surface area contributed by atoms with Gasteiger partial charge in [-0.1, -0.05) is 13.8 Å². The number of aromatic nitrogens is 3. The maximum Gasteiger partial charge on any atom is 0.410 e. The molecule has 2 atom stereocenters. The Kier molecular flexibility index (Phi) is 7.32. The van der Waals surface area contributed by atoms with Crippen LogP contribution < -0.4 is 0 Å². The van der Waals surface area contributed by atoms with Gasteiger partial charge in [0.2, 0.25) is 0 Å². The number of amides is 1. The summed E-state index contributed by atoms with van der Waals surface area (Å²) >= 11 is 0. The van der Waals surface area contributed by atoms with E-state index in [4.69, 9.17) is 14.8 Å². The van der Waals surface area contributed by atoms with E-state index in [0.717, 1.165) is 41.1 Å². The maximum absolute atomic E-state index is 13.2. The van der Waals surface area contributed by atoms with Crippen LogP contribution in [0.3, 0.4) is 0 Å². The fourth-order valence-electron chi connectivity index (χ4n) is 5.85. The second kappa shape index (κ2) is 9.86. The smallest absolute Gasteiger partial charge is 0.410 e. The normalized spacial score (nSPS) is 25.9. The van der Waals surface area contributed by atoms with Gasteiger partial charge in [-0.2, -0.15) is 18.3 Å². The van der Waals surface area contributed by atoms with Crippen LogP contribution in [0.1, 0.15) is 101 Å². The van der Waals surface area contributed by atoms with E-state index < -0.39 is 17.7 Å². The van der Waals surface area contributed by atoms with Crippen LogP contribution >= 0.6 is 0 Å². The summed E-state index contributed by atoms with van der Waals surface area (Å²) in [6.07, 6.45) is -1.54. The van der Waals surface area contributed by atoms with Crippen LogP contribution in [-0.4, -0.2) is 50.5 Å². The lowest BCUT2D eigenvalue weighted by molar-refractivity contribution is -0.182. The number of halogens is 3. The summed E-state index contributed by atoms with van der Waals surface area (Å²) in [5, 5.41) is 4.95. The minimum absolute atomic E-state index is 0.00516. The molecule has 1 saturated heterocycles. The van der Waals surface area contributed by atoms with E-state index in [9.17, 15) is 18.0 Å². The molecule has 6 nitrogen and oxygen atoms in total. The van der Waals surface area contributed by atoms with Crippen molar-refractivity contribution >= 4 is 11.7 Å². The van der Waals surface area contributed by atoms with Gasteiger partial charge in [0, 0.05) is 36.7 Å². The fourth-order valence-corrected chi connectivity index (χ4v) is 5.85. The van der Waals surface area contributed by atoms with Gasteiger partial charge in [-0.05, 0) is 77.7 Å². The van der Waals surface area contributed by atoms with Crippen molar-refractivity contribution in [1.82, 2.24) is 19.5 Å². The van der Waals surface area contributed by atoms with Crippen LogP contribution in [0, 0.1) is 18.8 Å². The number of nitrogens with zero attached hydrogens (tertiary/aromatic N) is 4. The zero-order chi connectivity index (χ0) is 26.4. The second-order valence-corrected chi connectivity index (χ2v) is 11.6. The molecule has 9 heteroatoms. The highest BCUT2D eigenvalue weighted by Crippen LogP contribution is 2.43. The number of ether oxygens (including phenoxy) is 1. The second-order valence-electron chi connectivity index (χ2n) is 11.6. The Hall–Kier alpha value is -2.32. The quantitative estimate of drug-likeness (QED) is 0.458. The molecule has 0 bridgehead atoms. The first-order valence-electron chi connectivity index (χ1n) is 13.2. The molecule has 1 aliphatic heterocycles. The number of carbonyl (C=O) groups is 1. The Morgan fingerprint density at radius 3 is 2.39 bits per heavy atom. The van der Waals surface area contributed by atoms with E-state index in [1.54, 1.807) is 4.90 Å². The monoisotopic (exact) mass is 508 g/mol. The summed E-state index contributed by atoms with van der Waals surface area (Å²) in [6, 6.07) is 1.95. The van der Waals surface area contributed by atoms with Crippen molar-refractivity contribution < 1.29 is 22.7 Å². The molecular weight excluding hydrogens is 469 g/mol. The van der Waals surface area contributed by atoms with Crippen molar-refractivity contribution in [3.8, 4) is 0 Å². The standard InChI is InChI=1S/C27H39F3N4O2/c1-7-20-17(3)31-23-14-22(18-8-10-19(11-9-18)27(28,29)30)32-34(23)24(20)21-15-33(13-12-16(21)2)25(35)36-26(4,5)6/h14,16,18-19,21H,7-13,15H2,1-6H3/t16-,18-,19-,21+/m1/s1. The number of likely N-dealkylation sites (tertiary alicyclic amines) is 1. The first kappa shape index (κ1) is 26.7. The number of rotatable bonds is 3.